The van der Waals surface area contributed by atoms with E-state index >= 15 is 0 Å². The van der Waals surface area contributed by atoms with Gasteiger partial charge in [-0.2, -0.15) is 0 Å². The number of aliphatic hydroxyl groups is 1. The van der Waals surface area contributed by atoms with Crippen molar-refractivity contribution < 1.29 is 29.0 Å². The van der Waals surface area contributed by atoms with Gasteiger partial charge in [-0.25, -0.2) is 0 Å². The number of carbonyl (C=O) groups is 3. The molecule has 3 N–H and O–H groups in total. The van der Waals surface area contributed by atoms with Gasteiger partial charge in [-0.1, -0.05) is 15.9 Å². The van der Waals surface area contributed by atoms with Crippen LogP contribution in [0.3, 0.4) is 0 Å². The number of hydrogen-bond acceptors (Lipinski definition) is 8. The topological polar surface area (TPSA) is 120 Å². The lowest BCUT2D eigenvalue weighted by Gasteiger charge is -2.35. The molecule has 3 amide bonds. The number of rotatable bonds is 10. The van der Waals surface area contributed by atoms with E-state index in [0.29, 0.717) is 50.8 Å². The van der Waals surface area contributed by atoms with Crippen LogP contribution in [0.4, 0.5) is 5.69 Å². The minimum Gasteiger partial charge on any atom is -0.494 e. The number of halogens is 1. The number of aliphatic hydroxyl groups excluding tert-OH is 1. The highest BCUT2D eigenvalue weighted by Gasteiger charge is 2.75. The van der Waals surface area contributed by atoms with E-state index in [9.17, 15) is 19.5 Å². The Balaban J connectivity index is 1.33. The fourth-order valence-electron chi connectivity index (χ4n) is 6.36. The van der Waals surface area contributed by atoms with Gasteiger partial charge in [0.1, 0.15) is 11.8 Å². The van der Waals surface area contributed by atoms with E-state index in [4.69, 9.17) is 9.47 Å². The molecule has 4 saturated heterocycles. The zero-order chi connectivity index (χ0) is 26.9. The Hall–Kier alpha value is -1.86. The second-order valence-electron chi connectivity index (χ2n) is 10.1. The first-order valence-corrected chi connectivity index (χ1v) is 15.0. The standard InChI is InChI=1S/C26H35BrN4O6S/c1-2-37-17-5-3-16(4-6-17)29-23(33)19-20-25(35)31(9-12-32)22(26(20)15-18(27)21(19)38-26)24(34)28-7-8-30-10-13-36-14-11-30/h3-6,18-22,32H,2,7-15H2,1H3,(H,28,34)(H,29,33)/t18?,19-,20-,21-,22?,26?/m0/s1. The molecule has 0 radical (unpaired) electrons. The van der Waals surface area contributed by atoms with E-state index in [1.165, 1.54) is 4.90 Å². The highest BCUT2D eigenvalue weighted by molar-refractivity contribution is 9.09. The van der Waals surface area contributed by atoms with Gasteiger partial charge >= 0.3 is 0 Å². The highest BCUT2D eigenvalue weighted by Crippen LogP contribution is 2.67. The Bertz CT molecular complexity index is 1040. The molecule has 3 unspecified atom stereocenters. The van der Waals surface area contributed by atoms with E-state index in [-0.39, 0.29) is 41.0 Å². The lowest BCUT2D eigenvalue weighted by molar-refractivity contribution is -0.139. The second-order valence-corrected chi connectivity index (χ2v) is 12.8. The van der Waals surface area contributed by atoms with Crippen molar-refractivity contribution in [2.24, 2.45) is 11.8 Å². The Morgan fingerprint density at radius 2 is 1.95 bits per heavy atom. The van der Waals surface area contributed by atoms with Crippen molar-refractivity contribution >= 4 is 51.1 Å². The molecule has 38 heavy (non-hydrogen) atoms. The molecule has 10 nitrogen and oxygen atoms in total. The third-order valence-electron chi connectivity index (χ3n) is 7.94. The monoisotopic (exact) mass is 610 g/mol. The van der Waals surface area contributed by atoms with Gasteiger partial charge in [-0.3, -0.25) is 19.3 Å². The fourth-order valence-corrected chi connectivity index (χ4v) is 9.98. The molecule has 0 aromatic heterocycles. The summed E-state index contributed by atoms with van der Waals surface area (Å²) in [6, 6.07) is 6.41. The largest absolute Gasteiger partial charge is 0.494 e. The molecule has 1 aromatic carbocycles. The van der Waals surface area contributed by atoms with Crippen molar-refractivity contribution in [2.75, 3.05) is 64.5 Å². The number of fused-ring (bicyclic) bond motifs is 1. The Kier molecular flexibility index (Phi) is 8.54. The summed E-state index contributed by atoms with van der Waals surface area (Å²) >= 11 is 5.35. The maximum absolute atomic E-state index is 13.8. The summed E-state index contributed by atoms with van der Waals surface area (Å²) in [5.74, 6) is -1.18. The summed E-state index contributed by atoms with van der Waals surface area (Å²) < 4.78 is 10.1. The molecular weight excluding hydrogens is 576 g/mol. The zero-order valence-corrected chi connectivity index (χ0v) is 23.8. The van der Waals surface area contributed by atoms with Crippen LogP contribution < -0.4 is 15.4 Å². The first kappa shape index (κ1) is 27.7. The van der Waals surface area contributed by atoms with Crippen LogP contribution in [0.2, 0.25) is 0 Å². The van der Waals surface area contributed by atoms with Gasteiger partial charge < -0.3 is 30.1 Å². The second kappa shape index (κ2) is 11.7. The molecule has 4 heterocycles. The van der Waals surface area contributed by atoms with Gasteiger partial charge in [0, 0.05) is 48.5 Å². The number of alkyl halides is 1. The molecule has 0 saturated carbocycles. The number of likely N-dealkylation sites (tertiary alicyclic amines) is 1. The van der Waals surface area contributed by atoms with Crippen molar-refractivity contribution in [3.63, 3.8) is 0 Å². The fraction of sp³-hybridized carbons (Fsp3) is 0.654. The van der Waals surface area contributed by atoms with Gasteiger partial charge in [0.25, 0.3) is 0 Å². The van der Waals surface area contributed by atoms with Crippen LogP contribution in [-0.2, 0) is 19.1 Å². The number of nitrogens with one attached hydrogen (secondary N) is 2. The molecule has 5 rings (SSSR count). The summed E-state index contributed by atoms with van der Waals surface area (Å²) in [6.07, 6.45) is 0.606. The van der Waals surface area contributed by atoms with Crippen molar-refractivity contribution in [1.29, 1.82) is 0 Å². The maximum atomic E-state index is 13.8. The molecule has 1 spiro atoms. The third kappa shape index (κ3) is 5.05. The lowest BCUT2D eigenvalue weighted by Crippen LogP contribution is -2.55. The van der Waals surface area contributed by atoms with Crippen molar-refractivity contribution in [1.82, 2.24) is 15.1 Å². The predicted octanol–water partition coefficient (Wildman–Crippen LogP) is 0.929. The van der Waals surface area contributed by atoms with Gasteiger partial charge in [0.2, 0.25) is 17.7 Å². The first-order chi connectivity index (χ1) is 18.4. The molecule has 4 aliphatic heterocycles. The van der Waals surface area contributed by atoms with Gasteiger partial charge in [0.05, 0.1) is 43.0 Å². The Morgan fingerprint density at radius 1 is 1.21 bits per heavy atom. The number of β-amino-alcohol motifs (C(OH)–C–C–N with tert-alkyl or cyclic N) is 1. The van der Waals surface area contributed by atoms with Crippen molar-refractivity contribution in [3.8, 4) is 5.75 Å². The van der Waals surface area contributed by atoms with E-state index in [1.807, 2.05) is 6.92 Å². The number of benzene rings is 1. The number of thioether (sulfide) groups is 1. The summed E-state index contributed by atoms with van der Waals surface area (Å²) in [7, 11) is 0. The van der Waals surface area contributed by atoms with E-state index in [1.54, 1.807) is 36.0 Å². The molecule has 12 heteroatoms. The molecule has 0 aliphatic carbocycles. The van der Waals surface area contributed by atoms with Gasteiger partial charge in [-0.15, -0.1) is 11.8 Å². The summed E-state index contributed by atoms with van der Waals surface area (Å²) in [4.78, 5) is 44.8. The number of hydrogen-bond donors (Lipinski definition) is 3. The summed E-state index contributed by atoms with van der Waals surface area (Å²) in [5, 5.41) is 15.7. The average molecular weight is 612 g/mol. The van der Waals surface area contributed by atoms with Crippen LogP contribution in [0.5, 0.6) is 5.75 Å². The first-order valence-electron chi connectivity index (χ1n) is 13.2. The summed E-state index contributed by atoms with van der Waals surface area (Å²) in [6.45, 7) is 6.47. The van der Waals surface area contributed by atoms with Crippen LogP contribution in [0.25, 0.3) is 0 Å². The SMILES string of the molecule is CCOc1ccc(NC(=O)[C@H]2[C@H]3C(=O)N(CCO)C(C(=O)NCCN4CCOCC4)C34CC(Br)[C@@H]2S4)cc1. The number of carbonyl (C=O) groups excluding carboxylic acids is 3. The number of amides is 3. The van der Waals surface area contributed by atoms with Crippen molar-refractivity contribution in [3.05, 3.63) is 24.3 Å². The molecule has 208 valence electrons. The molecule has 2 bridgehead atoms. The van der Waals surface area contributed by atoms with Crippen LogP contribution in [0.15, 0.2) is 24.3 Å². The Labute approximate surface area is 235 Å². The van der Waals surface area contributed by atoms with Crippen LogP contribution >= 0.6 is 27.7 Å². The van der Waals surface area contributed by atoms with E-state index in [2.05, 4.69) is 31.5 Å². The minimum atomic E-state index is -0.741. The quantitative estimate of drug-likeness (QED) is 0.335. The zero-order valence-electron chi connectivity index (χ0n) is 21.4. The summed E-state index contributed by atoms with van der Waals surface area (Å²) in [5.41, 5.74) is 0.626. The maximum Gasteiger partial charge on any atom is 0.244 e. The molecule has 1 aromatic rings. The van der Waals surface area contributed by atoms with Crippen molar-refractivity contribution in [2.45, 2.75) is 34.2 Å². The molecule has 4 fully saturated rings. The Morgan fingerprint density at radius 3 is 2.63 bits per heavy atom. The number of anilines is 1. The van der Waals surface area contributed by atoms with E-state index in [0.717, 1.165) is 13.1 Å². The van der Waals surface area contributed by atoms with Gasteiger partial charge in [-0.05, 0) is 37.6 Å². The normalized spacial score (nSPS) is 32.3. The molecule has 6 atom stereocenters. The smallest absolute Gasteiger partial charge is 0.244 e. The van der Waals surface area contributed by atoms with Gasteiger partial charge in [0.15, 0.2) is 0 Å². The van der Waals surface area contributed by atoms with E-state index < -0.39 is 22.6 Å². The lowest BCUT2D eigenvalue weighted by atomic mass is 9.70. The predicted molar refractivity (Wildman–Crippen MR) is 148 cm³/mol. The minimum absolute atomic E-state index is 0.00893. The van der Waals surface area contributed by atoms with Crippen LogP contribution in [-0.4, -0.2) is 113 Å². The van der Waals surface area contributed by atoms with Crippen LogP contribution in [0.1, 0.15) is 13.3 Å². The average Bonchev–Trinajstić information content (AvgIpc) is 3.50. The highest BCUT2D eigenvalue weighted by atomic mass is 79.9. The number of nitrogens with zero attached hydrogens (tertiary/aromatic N) is 2. The third-order valence-corrected chi connectivity index (χ3v) is 11.2. The molecular formula is C26H35BrN4O6S. The van der Waals surface area contributed by atoms with Crippen LogP contribution in [0, 0.1) is 11.8 Å². The molecule has 4 aliphatic rings. The number of ether oxygens (including phenoxy) is 2. The number of morpholine rings is 1.